The monoisotopic (exact) mass is 501 g/mol. The Balaban J connectivity index is 1.20. The highest BCUT2D eigenvalue weighted by atomic mass is 16.6. The van der Waals surface area contributed by atoms with E-state index in [9.17, 15) is 9.59 Å². The molecule has 1 saturated heterocycles. The Labute approximate surface area is 218 Å². The molecule has 0 aromatic heterocycles. The van der Waals surface area contributed by atoms with Crippen molar-refractivity contribution in [2.75, 3.05) is 20.2 Å². The summed E-state index contributed by atoms with van der Waals surface area (Å²) < 4.78 is 0. The van der Waals surface area contributed by atoms with Crippen molar-refractivity contribution >= 4 is 29.2 Å². The largest absolute Gasteiger partial charge is 0.395 e. The highest BCUT2D eigenvalue weighted by Crippen LogP contribution is 2.29. The summed E-state index contributed by atoms with van der Waals surface area (Å²) in [6, 6.07) is 16.4. The second kappa shape index (κ2) is 11.6. The lowest BCUT2D eigenvalue weighted by molar-refractivity contribution is -0.132. The summed E-state index contributed by atoms with van der Waals surface area (Å²) in [4.78, 5) is 38.6. The molecule has 8 nitrogen and oxygen atoms in total. The third-order valence-corrected chi connectivity index (χ3v) is 7.42. The van der Waals surface area contributed by atoms with Gasteiger partial charge in [0.25, 0.3) is 0 Å². The molecule has 2 aromatic carbocycles. The Morgan fingerprint density at radius 3 is 2.70 bits per heavy atom. The van der Waals surface area contributed by atoms with Crippen LogP contribution in [-0.4, -0.2) is 59.5 Å². The van der Waals surface area contributed by atoms with E-state index in [2.05, 4.69) is 21.5 Å². The summed E-state index contributed by atoms with van der Waals surface area (Å²) in [5.74, 6) is 0.818. The van der Waals surface area contributed by atoms with Crippen molar-refractivity contribution < 1.29 is 14.4 Å². The van der Waals surface area contributed by atoms with Gasteiger partial charge < -0.3 is 14.6 Å². The fraction of sp³-hybridized carbons (Fsp3) is 0.448. The van der Waals surface area contributed by atoms with E-state index in [-0.39, 0.29) is 11.8 Å². The third kappa shape index (κ3) is 6.01. The van der Waals surface area contributed by atoms with Crippen LogP contribution in [0.25, 0.3) is 0 Å². The number of hydrogen-bond acceptors (Lipinski definition) is 6. The number of hydrogen-bond donors (Lipinski definition) is 1. The third-order valence-electron chi connectivity index (χ3n) is 7.42. The smallest absolute Gasteiger partial charge is 0.246 e. The van der Waals surface area contributed by atoms with Crippen LogP contribution < -0.4 is 5.32 Å². The highest BCUT2D eigenvalue weighted by molar-refractivity contribution is 6.13. The van der Waals surface area contributed by atoms with Gasteiger partial charge in [0.05, 0.1) is 5.69 Å². The Morgan fingerprint density at radius 1 is 1.08 bits per heavy atom. The number of carbonyl (C=O) groups is 2. The van der Waals surface area contributed by atoms with E-state index in [4.69, 9.17) is 4.84 Å². The number of guanidine groups is 1. The predicted molar refractivity (Wildman–Crippen MR) is 144 cm³/mol. The zero-order valence-corrected chi connectivity index (χ0v) is 21.5. The van der Waals surface area contributed by atoms with Crippen molar-refractivity contribution in [3.8, 4) is 0 Å². The van der Waals surface area contributed by atoms with E-state index in [1.165, 1.54) is 19.3 Å². The first-order valence-corrected chi connectivity index (χ1v) is 13.4. The van der Waals surface area contributed by atoms with Crippen LogP contribution in [0.3, 0.4) is 0 Å². The quantitative estimate of drug-likeness (QED) is 0.314. The minimum absolute atomic E-state index is 0.0333. The summed E-state index contributed by atoms with van der Waals surface area (Å²) >= 11 is 0. The number of nitrogens with one attached hydrogen (secondary N) is 1. The van der Waals surface area contributed by atoms with Gasteiger partial charge >= 0.3 is 0 Å². The molecule has 0 unspecified atom stereocenters. The van der Waals surface area contributed by atoms with Crippen molar-refractivity contribution in [2.24, 2.45) is 10.1 Å². The van der Waals surface area contributed by atoms with Gasteiger partial charge in [-0.1, -0.05) is 60.8 Å². The molecule has 2 fully saturated rings. The summed E-state index contributed by atoms with van der Waals surface area (Å²) in [6.07, 6.45) is 8.11. The second-order valence-electron chi connectivity index (χ2n) is 10.1. The van der Waals surface area contributed by atoms with Crippen LogP contribution in [0, 0.1) is 0 Å². The molecule has 2 aromatic rings. The van der Waals surface area contributed by atoms with Crippen molar-refractivity contribution in [1.82, 2.24) is 15.1 Å². The number of unbranched alkanes of at least 4 members (excludes halogenated alkanes) is 1. The number of fused-ring (bicyclic) bond motifs is 2. The van der Waals surface area contributed by atoms with Gasteiger partial charge in [0.2, 0.25) is 17.8 Å². The van der Waals surface area contributed by atoms with Gasteiger partial charge in [0.15, 0.2) is 0 Å². The van der Waals surface area contributed by atoms with Gasteiger partial charge in [-0.05, 0) is 43.4 Å². The summed E-state index contributed by atoms with van der Waals surface area (Å²) in [5, 5.41) is 7.33. The molecule has 1 N–H and O–H groups in total. The highest BCUT2D eigenvalue weighted by Gasteiger charge is 2.29. The molecule has 37 heavy (non-hydrogen) atoms. The molecule has 2 heterocycles. The molecule has 0 spiro atoms. The van der Waals surface area contributed by atoms with Gasteiger partial charge in [-0.2, -0.15) is 0 Å². The van der Waals surface area contributed by atoms with Crippen LogP contribution in [0.4, 0.5) is 5.69 Å². The molecule has 1 saturated carbocycles. The van der Waals surface area contributed by atoms with Crippen molar-refractivity contribution in [3.05, 3.63) is 65.2 Å². The fourth-order valence-corrected chi connectivity index (χ4v) is 5.28. The van der Waals surface area contributed by atoms with E-state index in [1.807, 2.05) is 59.3 Å². The average Bonchev–Trinajstić information content (AvgIpc) is 3.30. The molecular formula is C29H35N5O3. The normalized spacial score (nSPS) is 17.5. The number of amides is 2. The van der Waals surface area contributed by atoms with E-state index in [0.717, 1.165) is 53.8 Å². The minimum Gasteiger partial charge on any atom is -0.395 e. The molecule has 0 atom stereocenters. The van der Waals surface area contributed by atoms with E-state index in [1.54, 1.807) is 0 Å². The molecule has 2 amide bonds. The molecule has 194 valence electrons. The number of aliphatic imine (C=N–C) groups is 1. The number of nitrogens with zero attached hydrogens (tertiary/aromatic N) is 4. The Hall–Kier alpha value is -3.68. The Morgan fingerprint density at radius 2 is 1.89 bits per heavy atom. The number of carbonyl (C=O) groups excluding carboxylic acids is 2. The molecule has 1 aliphatic carbocycles. The van der Waals surface area contributed by atoms with Crippen LogP contribution in [0.15, 0.2) is 58.7 Å². The molecule has 0 radical (unpaired) electrons. The molecule has 0 bridgehead atoms. The zero-order chi connectivity index (χ0) is 25.6. The number of oxime groups is 1. The van der Waals surface area contributed by atoms with Gasteiger partial charge in [-0.25, -0.2) is 4.99 Å². The van der Waals surface area contributed by atoms with Crippen molar-refractivity contribution in [2.45, 2.75) is 64.0 Å². The SMILES string of the molecule is CN(C(=O)CCCCON=C(c1ccccc1)c1ccc2c(c1)CN1CC(=O)NC1=N2)C1CCCCC1. The van der Waals surface area contributed by atoms with Crippen LogP contribution in [0.5, 0.6) is 0 Å². The van der Waals surface area contributed by atoms with E-state index < -0.39 is 0 Å². The summed E-state index contributed by atoms with van der Waals surface area (Å²) in [7, 11) is 1.95. The standard InChI is InChI=1S/C29H35N5O3/c1-33(24-12-6-3-7-13-24)27(36)14-8-9-17-37-32-28(21-10-4-2-5-11-21)22-15-16-25-23(18-22)19-34-20-26(35)31-29(34)30-25/h2,4-5,10-11,15-16,18,24H,3,6-9,12-14,17,19-20H2,1H3,(H,30,31,35). The minimum atomic E-state index is -0.0333. The second-order valence-corrected chi connectivity index (χ2v) is 10.1. The molecule has 8 heteroatoms. The lowest BCUT2D eigenvalue weighted by Crippen LogP contribution is -2.38. The lowest BCUT2D eigenvalue weighted by atomic mass is 9.94. The van der Waals surface area contributed by atoms with Crippen LogP contribution in [0.2, 0.25) is 0 Å². The van der Waals surface area contributed by atoms with Crippen molar-refractivity contribution in [3.63, 3.8) is 0 Å². The molecular weight excluding hydrogens is 466 g/mol. The zero-order valence-electron chi connectivity index (χ0n) is 21.5. The molecule has 5 rings (SSSR count). The van der Waals surface area contributed by atoms with Gasteiger partial charge in [-0.3, -0.25) is 14.9 Å². The first-order chi connectivity index (χ1) is 18.1. The maximum absolute atomic E-state index is 12.6. The van der Waals surface area contributed by atoms with Crippen molar-refractivity contribution in [1.29, 1.82) is 0 Å². The topological polar surface area (TPSA) is 86.6 Å². The maximum atomic E-state index is 12.6. The van der Waals surface area contributed by atoms with E-state index in [0.29, 0.717) is 38.1 Å². The van der Waals surface area contributed by atoms with Gasteiger partial charge in [0, 0.05) is 37.2 Å². The van der Waals surface area contributed by atoms with Crippen LogP contribution in [0.1, 0.15) is 68.1 Å². The van der Waals surface area contributed by atoms with E-state index >= 15 is 0 Å². The predicted octanol–water partition coefficient (Wildman–Crippen LogP) is 4.35. The number of benzene rings is 2. The molecule has 3 aliphatic rings. The first-order valence-electron chi connectivity index (χ1n) is 13.4. The van der Waals surface area contributed by atoms with Crippen LogP contribution in [-0.2, 0) is 21.0 Å². The Kier molecular flexibility index (Phi) is 7.82. The Bertz CT molecular complexity index is 1190. The number of rotatable bonds is 9. The fourth-order valence-electron chi connectivity index (χ4n) is 5.28. The van der Waals surface area contributed by atoms with Gasteiger partial charge in [0.1, 0.15) is 18.9 Å². The van der Waals surface area contributed by atoms with Gasteiger partial charge in [-0.15, -0.1) is 0 Å². The summed E-state index contributed by atoms with van der Waals surface area (Å²) in [5.41, 5.74) is 4.55. The summed E-state index contributed by atoms with van der Waals surface area (Å²) in [6.45, 7) is 1.40. The van der Waals surface area contributed by atoms with Crippen LogP contribution >= 0.6 is 0 Å². The maximum Gasteiger partial charge on any atom is 0.246 e. The lowest BCUT2D eigenvalue weighted by Gasteiger charge is -2.31. The average molecular weight is 502 g/mol. The first kappa shape index (κ1) is 25.0. The molecule has 2 aliphatic heterocycles.